The number of amides is 1. The zero-order valence-corrected chi connectivity index (χ0v) is 13.2. The molecule has 0 saturated carbocycles. The lowest BCUT2D eigenvalue weighted by Gasteiger charge is -2.12. The van der Waals surface area contributed by atoms with Crippen molar-refractivity contribution in [2.75, 3.05) is 19.1 Å². The average Bonchev–Trinajstić information content (AvgIpc) is 2.85. The standard InChI is InChI=1S/C18H15F2N3O/c1-22(2)11-13-17(12-7-3-4-8-14(12)19)21-23(18(13)24)16-10-6-5-9-15(16)20/h3-11H,1-2H3. The zero-order valence-electron chi connectivity index (χ0n) is 13.2. The molecule has 0 saturated heterocycles. The SMILES string of the molecule is CN(C)C=C1C(=O)N(c2ccccc2F)N=C1c1ccccc1F. The minimum atomic E-state index is -0.575. The van der Waals surface area contributed by atoms with Gasteiger partial charge in [0.25, 0.3) is 5.91 Å². The summed E-state index contributed by atoms with van der Waals surface area (Å²) in [7, 11) is 3.48. The number of carbonyl (C=O) groups excluding carboxylic acids is 1. The van der Waals surface area contributed by atoms with Gasteiger partial charge in [0, 0.05) is 25.9 Å². The van der Waals surface area contributed by atoms with Crippen LogP contribution in [0.3, 0.4) is 0 Å². The summed E-state index contributed by atoms with van der Waals surface area (Å²) >= 11 is 0. The third kappa shape index (κ3) is 2.78. The predicted molar refractivity (Wildman–Crippen MR) is 88.6 cm³/mol. The van der Waals surface area contributed by atoms with Gasteiger partial charge in [-0.05, 0) is 24.3 Å². The Labute approximate surface area is 138 Å². The van der Waals surface area contributed by atoms with E-state index in [4.69, 9.17) is 0 Å². The highest BCUT2D eigenvalue weighted by molar-refractivity contribution is 6.35. The molecule has 122 valence electrons. The van der Waals surface area contributed by atoms with E-state index in [9.17, 15) is 13.6 Å². The summed E-state index contributed by atoms with van der Waals surface area (Å²) in [4.78, 5) is 14.4. The Morgan fingerprint density at radius 1 is 1.00 bits per heavy atom. The van der Waals surface area contributed by atoms with E-state index in [2.05, 4.69) is 5.10 Å². The predicted octanol–water partition coefficient (Wildman–Crippen LogP) is 3.16. The van der Waals surface area contributed by atoms with Gasteiger partial charge in [-0.3, -0.25) is 4.79 Å². The van der Waals surface area contributed by atoms with Crippen LogP contribution in [-0.2, 0) is 4.79 Å². The molecule has 0 spiro atoms. The van der Waals surface area contributed by atoms with Crippen LogP contribution in [0, 0.1) is 11.6 Å². The Morgan fingerprint density at radius 2 is 1.62 bits per heavy atom. The summed E-state index contributed by atoms with van der Waals surface area (Å²) in [6, 6.07) is 11.9. The van der Waals surface area contributed by atoms with Crippen LogP contribution < -0.4 is 5.01 Å². The number of rotatable bonds is 3. The molecule has 1 aliphatic heterocycles. The van der Waals surface area contributed by atoms with Gasteiger partial charge in [-0.15, -0.1) is 0 Å². The fourth-order valence-corrected chi connectivity index (χ4v) is 2.43. The second-order valence-corrected chi connectivity index (χ2v) is 5.50. The van der Waals surface area contributed by atoms with Gasteiger partial charge in [-0.1, -0.05) is 24.3 Å². The largest absolute Gasteiger partial charge is 0.383 e. The van der Waals surface area contributed by atoms with Crippen molar-refractivity contribution >= 4 is 17.3 Å². The van der Waals surface area contributed by atoms with Crippen LogP contribution in [0.2, 0.25) is 0 Å². The van der Waals surface area contributed by atoms with Gasteiger partial charge in [0.1, 0.15) is 23.0 Å². The molecular weight excluding hydrogens is 312 g/mol. The molecule has 0 atom stereocenters. The topological polar surface area (TPSA) is 35.9 Å². The molecule has 0 fully saturated rings. The molecule has 2 aromatic rings. The van der Waals surface area contributed by atoms with E-state index in [1.165, 1.54) is 30.3 Å². The molecular formula is C18H15F2N3O. The maximum absolute atomic E-state index is 14.2. The first-order chi connectivity index (χ1) is 11.5. The molecule has 2 aromatic carbocycles. The number of hydrogen-bond donors (Lipinski definition) is 0. The molecule has 24 heavy (non-hydrogen) atoms. The monoisotopic (exact) mass is 327 g/mol. The summed E-state index contributed by atoms with van der Waals surface area (Å²) in [6.45, 7) is 0. The van der Waals surface area contributed by atoms with Crippen molar-refractivity contribution in [3.8, 4) is 0 Å². The molecule has 6 heteroatoms. The molecule has 0 unspecified atom stereocenters. The maximum Gasteiger partial charge on any atom is 0.282 e. The summed E-state index contributed by atoms with van der Waals surface area (Å²) in [5, 5.41) is 5.16. The van der Waals surface area contributed by atoms with Crippen molar-refractivity contribution in [2.45, 2.75) is 0 Å². The highest BCUT2D eigenvalue weighted by Gasteiger charge is 2.34. The van der Waals surface area contributed by atoms with Crippen molar-refractivity contribution in [3.63, 3.8) is 0 Å². The van der Waals surface area contributed by atoms with Gasteiger partial charge in [0.2, 0.25) is 0 Å². The molecule has 1 heterocycles. The van der Waals surface area contributed by atoms with E-state index in [1.807, 2.05) is 0 Å². The Bertz CT molecular complexity index is 859. The first-order valence-electron chi connectivity index (χ1n) is 7.30. The first-order valence-corrected chi connectivity index (χ1v) is 7.30. The Kier molecular flexibility index (Phi) is 4.12. The number of hydrogen-bond acceptors (Lipinski definition) is 3. The smallest absolute Gasteiger partial charge is 0.282 e. The number of anilines is 1. The highest BCUT2D eigenvalue weighted by atomic mass is 19.1. The van der Waals surface area contributed by atoms with E-state index < -0.39 is 17.5 Å². The first kappa shape index (κ1) is 15.9. The zero-order chi connectivity index (χ0) is 17.3. The third-order valence-corrected chi connectivity index (χ3v) is 3.47. The van der Waals surface area contributed by atoms with Crippen LogP contribution in [0.1, 0.15) is 5.56 Å². The van der Waals surface area contributed by atoms with Crippen LogP contribution in [-0.4, -0.2) is 30.6 Å². The van der Waals surface area contributed by atoms with Gasteiger partial charge in [-0.2, -0.15) is 10.1 Å². The lowest BCUT2D eigenvalue weighted by molar-refractivity contribution is -0.114. The van der Waals surface area contributed by atoms with Gasteiger partial charge < -0.3 is 4.90 Å². The lowest BCUT2D eigenvalue weighted by atomic mass is 10.0. The van der Waals surface area contributed by atoms with Crippen molar-refractivity contribution in [2.24, 2.45) is 5.10 Å². The number of nitrogens with zero attached hydrogens (tertiary/aromatic N) is 3. The van der Waals surface area contributed by atoms with Crippen molar-refractivity contribution < 1.29 is 13.6 Å². The Balaban J connectivity index is 2.16. The quantitative estimate of drug-likeness (QED) is 0.812. The van der Waals surface area contributed by atoms with Gasteiger partial charge in [0.15, 0.2) is 0 Å². The molecule has 0 radical (unpaired) electrons. The number of hydrazone groups is 1. The lowest BCUT2D eigenvalue weighted by Crippen LogP contribution is -2.23. The van der Waals surface area contributed by atoms with Gasteiger partial charge in [0.05, 0.1) is 5.57 Å². The number of benzene rings is 2. The van der Waals surface area contributed by atoms with E-state index in [0.29, 0.717) is 0 Å². The molecule has 0 aromatic heterocycles. The second kappa shape index (κ2) is 6.23. The van der Waals surface area contributed by atoms with E-state index >= 15 is 0 Å². The maximum atomic E-state index is 14.2. The minimum Gasteiger partial charge on any atom is -0.383 e. The normalized spacial score (nSPS) is 15.8. The van der Waals surface area contributed by atoms with E-state index in [-0.39, 0.29) is 22.5 Å². The number of para-hydroxylation sites is 1. The summed E-state index contributed by atoms with van der Waals surface area (Å²) in [5.74, 6) is -1.58. The summed E-state index contributed by atoms with van der Waals surface area (Å²) in [5.41, 5.74) is 0.597. The molecule has 0 N–H and O–H groups in total. The van der Waals surface area contributed by atoms with Crippen LogP contribution >= 0.6 is 0 Å². The second-order valence-electron chi connectivity index (χ2n) is 5.50. The van der Waals surface area contributed by atoms with Gasteiger partial charge in [-0.25, -0.2) is 8.78 Å². The molecule has 3 rings (SSSR count). The number of halogens is 2. The van der Waals surface area contributed by atoms with Gasteiger partial charge >= 0.3 is 0 Å². The Hall–Kier alpha value is -3.02. The van der Waals surface area contributed by atoms with E-state index in [0.717, 1.165) is 5.01 Å². The fourth-order valence-electron chi connectivity index (χ4n) is 2.43. The van der Waals surface area contributed by atoms with E-state index in [1.54, 1.807) is 43.4 Å². The minimum absolute atomic E-state index is 0.0264. The number of carbonyl (C=O) groups is 1. The fraction of sp³-hybridized carbons (Fsp3) is 0.111. The highest BCUT2D eigenvalue weighted by Crippen LogP contribution is 2.29. The van der Waals surface area contributed by atoms with Crippen LogP contribution in [0.5, 0.6) is 0 Å². The Morgan fingerprint density at radius 3 is 2.25 bits per heavy atom. The molecule has 4 nitrogen and oxygen atoms in total. The van der Waals surface area contributed by atoms with Crippen LogP contribution in [0.15, 0.2) is 65.4 Å². The van der Waals surface area contributed by atoms with Crippen LogP contribution in [0.25, 0.3) is 0 Å². The molecule has 1 amide bonds. The van der Waals surface area contributed by atoms with Crippen molar-refractivity contribution in [3.05, 3.63) is 77.5 Å². The summed E-state index contributed by atoms with van der Waals surface area (Å²) < 4.78 is 28.2. The van der Waals surface area contributed by atoms with Crippen molar-refractivity contribution in [1.29, 1.82) is 0 Å². The molecule has 1 aliphatic rings. The average molecular weight is 327 g/mol. The van der Waals surface area contributed by atoms with Crippen LogP contribution in [0.4, 0.5) is 14.5 Å². The molecule has 0 aliphatic carbocycles. The third-order valence-electron chi connectivity index (χ3n) is 3.47. The van der Waals surface area contributed by atoms with Crippen molar-refractivity contribution in [1.82, 2.24) is 4.90 Å². The molecule has 0 bridgehead atoms. The summed E-state index contributed by atoms with van der Waals surface area (Å²) in [6.07, 6.45) is 1.55.